The van der Waals surface area contributed by atoms with Gasteiger partial charge < -0.3 is 15.1 Å². The fourth-order valence-electron chi connectivity index (χ4n) is 3.05. The Hall–Kier alpha value is -2.90. The molecule has 1 aliphatic rings. The topological polar surface area (TPSA) is 94.2 Å². The fraction of sp³-hybridized carbons (Fsp3) is 0.412. The lowest BCUT2D eigenvalue weighted by Gasteiger charge is -2.31. The molecule has 3 amide bonds. The van der Waals surface area contributed by atoms with E-state index in [1.165, 1.54) is 0 Å². The molecular formula is C17H22N6O2. The first-order chi connectivity index (χ1) is 11.9. The zero-order chi connectivity index (χ0) is 18.1. The summed E-state index contributed by atoms with van der Waals surface area (Å²) < 4.78 is 0. The van der Waals surface area contributed by atoms with Crippen LogP contribution >= 0.6 is 0 Å². The summed E-state index contributed by atoms with van der Waals surface area (Å²) >= 11 is 0. The number of rotatable bonds is 2. The third-order valence-electron chi connectivity index (χ3n) is 4.40. The molecule has 8 heteroatoms. The Morgan fingerprint density at radius 2 is 2.04 bits per heavy atom. The normalized spacial score (nSPS) is 13.4. The first-order valence-corrected chi connectivity index (χ1v) is 8.13. The third kappa shape index (κ3) is 3.19. The number of amides is 3. The van der Waals surface area contributed by atoms with Crippen LogP contribution in [0.5, 0.6) is 0 Å². The summed E-state index contributed by atoms with van der Waals surface area (Å²) in [6.07, 6.45) is 3.95. The number of H-pyrrole nitrogens is 1. The van der Waals surface area contributed by atoms with E-state index in [1.807, 2.05) is 13.8 Å². The molecule has 0 fully saturated rings. The number of pyridine rings is 1. The zero-order valence-corrected chi connectivity index (χ0v) is 14.9. The minimum absolute atomic E-state index is 0.0369. The van der Waals surface area contributed by atoms with Gasteiger partial charge in [0.15, 0.2) is 0 Å². The Kier molecular flexibility index (Phi) is 4.43. The molecule has 0 spiro atoms. The minimum atomic E-state index is -0.204. The van der Waals surface area contributed by atoms with Crippen molar-refractivity contribution in [2.45, 2.75) is 26.8 Å². The van der Waals surface area contributed by atoms with E-state index in [1.54, 1.807) is 36.3 Å². The lowest BCUT2D eigenvalue weighted by molar-refractivity contribution is 0.102. The average Bonchev–Trinajstić information content (AvgIpc) is 2.91. The maximum atomic E-state index is 12.7. The van der Waals surface area contributed by atoms with Crippen LogP contribution in [0.25, 0.3) is 0 Å². The Bertz CT molecular complexity index is 807. The molecule has 8 nitrogen and oxygen atoms in total. The molecule has 25 heavy (non-hydrogen) atoms. The van der Waals surface area contributed by atoms with Gasteiger partial charge in [0, 0.05) is 39.6 Å². The van der Waals surface area contributed by atoms with Crippen LogP contribution in [0.15, 0.2) is 12.4 Å². The number of carbonyl (C=O) groups is 2. The highest BCUT2D eigenvalue weighted by molar-refractivity contribution is 6.06. The Morgan fingerprint density at radius 1 is 1.28 bits per heavy atom. The predicted molar refractivity (Wildman–Crippen MR) is 93.4 cm³/mol. The number of aromatic amines is 1. The summed E-state index contributed by atoms with van der Waals surface area (Å²) in [5.41, 5.74) is 4.67. The van der Waals surface area contributed by atoms with Crippen LogP contribution in [-0.4, -0.2) is 57.6 Å². The lowest BCUT2D eigenvalue weighted by atomic mass is 9.96. The second-order valence-electron chi connectivity index (χ2n) is 6.44. The molecule has 0 bridgehead atoms. The molecule has 3 rings (SSSR count). The summed E-state index contributed by atoms with van der Waals surface area (Å²) in [7, 11) is 3.46. The number of anilines is 1. The van der Waals surface area contributed by atoms with Crippen LogP contribution in [0.3, 0.4) is 0 Å². The van der Waals surface area contributed by atoms with Gasteiger partial charge in [-0.3, -0.25) is 14.9 Å². The van der Waals surface area contributed by atoms with Crippen LogP contribution in [-0.2, 0) is 13.0 Å². The molecule has 2 aromatic rings. The molecule has 0 saturated carbocycles. The minimum Gasteiger partial charge on any atom is -0.331 e. The van der Waals surface area contributed by atoms with Crippen molar-refractivity contribution < 1.29 is 9.59 Å². The Balaban J connectivity index is 1.84. The molecular weight excluding hydrogens is 320 g/mol. The van der Waals surface area contributed by atoms with Gasteiger partial charge in [0.1, 0.15) is 0 Å². The molecule has 0 aliphatic carbocycles. The molecule has 1 aliphatic heterocycles. The van der Waals surface area contributed by atoms with E-state index < -0.39 is 0 Å². The Morgan fingerprint density at radius 3 is 2.68 bits per heavy atom. The zero-order valence-electron chi connectivity index (χ0n) is 14.9. The van der Waals surface area contributed by atoms with Gasteiger partial charge in [-0.1, -0.05) is 0 Å². The van der Waals surface area contributed by atoms with Gasteiger partial charge >= 0.3 is 6.03 Å². The summed E-state index contributed by atoms with van der Waals surface area (Å²) in [5.74, 6) is -0.204. The van der Waals surface area contributed by atoms with Crippen molar-refractivity contribution in [3.8, 4) is 0 Å². The molecule has 0 aromatic carbocycles. The van der Waals surface area contributed by atoms with E-state index in [4.69, 9.17) is 0 Å². The van der Waals surface area contributed by atoms with E-state index in [-0.39, 0.29) is 11.9 Å². The monoisotopic (exact) mass is 342 g/mol. The van der Waals surface area contributed by atoms with Gasteiger partial charge in [-0.2, -0.15) is 5.10 Å². The maximum Gasteiger partial charge on any atom is 0.319 e. The second-order valence-corrected chi connectivity index (χ2v) is 6.44. The fourth-order valence-corrected chi connectivity index (χ4v) is 3.05. The second kappa shape index (κ2) is 6.54. The number of nitrogens with zero attached hydrogens (tertiary/aromatic N) is 4. The molecule has 0 unspecified atom stereocenters. The number of aromatic nitrogens is 3. The van der Waals surface area contributed by atoms with Crippen LogP contribution in [0.4, 0.5) is 10.5 Å². The van der Waals surface area contributed by atoms with Crippen molar-refractivity contribution in [1.82, 2.24) is 25.0 Å². The maximum absolute atomic E-state index is 12.7. The van der Waals surface area contributed by atoms with E-state index in [0.717, 1.165) is 22.5 Å². The van der Waals surface area contributed by atoms with Crippen molar-refractivity contribution >= 4 is 17.6 Å². The standard InChI is InChI=1S/C17H22N6O2/c1-10-15(11(2)21-20-10)19-16(24)14-8-18-7-12-9-23(6-5-13(12)14)17(25)22(3)4/h7-8H,5-6,9H2,1-4H3,(H,19,24)(H,20,21). The third-order valence-corrected chi connectivity index (χ3v) is 4.40. The van der Waals surface area contributed by atoms with Crippen LogP contribution in [0.1, 0.15) is 32.9 Å². The number of carbonyl (C=O) groups excluding carboxylic acids is 2. The number of hydrogen-bond acceptors (Lipinski definition) is 4. The van der Waals surface area contributed by atoms with Crippen molar-refractivity contribution in [1.29, 1.82) is 0 Å². The van der Waals surface area contributed by atoms with Crippen molar-refractivity contribution in [2.24, 2.45) is 0 Å². The summed E-state index contributed by atoms with van der Waals surface area (Å²) in [5, 5.41) is 9.86. The summed E-state index contributed by atoms with van der Waals surface area (Å²) in [6.45, 7) is 4.74. The molecule has 0 atom stereocenters. The number of nitrogens with one attached hydrogen (secondary N) is 2. The Labute approximate surface area is 146 Å². The van der Waals surface area contributed by atoms with Crippen molar-refractivity contribution in [2.75, 3.05) is 26.0 Å². The van der Waals surface area contributed by atoms with Gasteiger partial charge in [0.2, 0.25) is 0 Å². The number of fused-ring (bicyclic) bond motifs is 1. The molecule has 132 valence electrons. The SMILES string of the molecule is Cc1n[nH]c(C)c1NC(=O)c1cncc2c1CCN(C(=O)N(C)C)C2. The smallest absolute Gasteiger partial charge is 0.319 e. The summed E-state index contributed by atoms with van der Waals surface area (Å²) in [4.78, 5) is 32.4. The predicted octanol–water partition coefficient (Wildman–Crippen LogP) is 1.71. The molecule has 0 saturated heterocycles. The first-order valence-electron chi connectivity index (χ1n) is 8.13. The van der Waals surface area contributed by atoms with Gasteiger partial charge in [-0.15, -0.1) is 0 Å². The van der Waals surface area contributed by atoms with Gasteiger partial charge in [0.25, 0.3) is 5.91 Å². The largest absolute Gasteiger partial charge is 0.331 e. The van der Waals surface area contributed by atoms with Gasteiger partial charge in [-0.05, 0) is 31.4 Å². The molecule has 3 heterocycles. The van der Waals surface area contributed by atoms with Gasteiger partial charge in [-0.25, -0.2) is 4.79 Å². The van der Waals surface area contributed by atoms with Crippen LogP contribution in [0, 0.1) is 13.8 Å². The van der Waals surface area contributed by atoms with Crippen LogP contribution < -0.4 is 5.32 Å². The van der Waals surface area contributed by atoms with E-state index in [0.29, 0.717) is 30.8 Å². The lowest BCUT2D eigenvalue weighted by Crippen LogP contribution is -2.42. The highest BCUT2D eigenvalue weighted by Crippen LogP contribution is 2.24. The highest BCUT2D eigenvalue weighted by Gasteiger charge is 2.26. The number of hydrogen-bond donors (Lipinski definition) is 2. The first kappa shape index (κ1) is 16.9. The van der Waals surface area contributed by atoms with E-state index in [2.05, 4.69) is 20.5 Å². The van der Waals surface area contributed by atoms with E-state index in [9.17, 15) is 9.59 Å². The van der Waals surface area contributed by atoms with Crippen LogP contribution in [0.2, 0.25) is 0 Å². The van der Waals surface area contributed by atoms with Crippen molar-refractivity contribution in [3.05, 3.63) is 40.5 Å². The summed E-state index contributed by atoms with van der Waals surface area (Å²) in [6, 6.07) is -0.0369. The van der Waals surface area contributed by atoms with Gasteiger partial charge in [0.05, 0.1) is 22.6 Å². The number of urea groups is 1. The quantitative estimate of drug-likeness (QED) is 0.869. The van der Waals surface area contributed by atoms with E-state index >= 15 is 0 Å². The van der Waals surface area contributed by atoms with Crippen molar-refractivity contribution in [3.63, 3.8) is 0 Å². The average molecular weight is 342 g/mol. The molecule has 2 N–H and O–H groups in total. The molecule has 2 aromatic heterocycles. The molecule has 0 radical (unpaired) electrons. The number of aryl methyl sites for hydroxylation is 2. The highest BCUT2D eigenvalue weighted by atomic mass is 16.2.